The second kappa shape index (κ2) is 9.23. The third kappa shape index (κ3) is 4.65. The Bertz CT molecular complexity index is 1140. The first-order valence-corrected chi connectivity index (χ1v) is 11.2. The molecule has 1 unspecified atom stereocenters. The molecular formula is C24H23N3O4S. The lowest BCUT2D eigenvalue weighted by atomic mass is 10.1. The monoisotopic (exact) mass is 449 g/mol. The molecule has 32 heavy (non-hydrogen) atoms. The molecule has 164 valence electrons. The van der Waals surface area contributed by atoms with E-state index in [9.17, 15) is 14.4 Å². The zero-order valence-corrected chi connectivity index (χ0v) is 18.4. The van der Waals surface area contributed by atoms with Gasteiger partial charge in [0.05, 0.1) is 11.3 Å². The molecule has 2 heterocycles. The summed E-state index contributed by atoms with van der Waals surface area (Å²) in [5, 5.41) is 4.76. The van der Waals surface area contributed by atoms with E-state index in [1.165, 1.54) is 0 Å². The van der Waals surface area contributed by atoms with Crippen LogP contribution in [0.1, 0.15) is 30.1 Å². The first kappa shape index (κ1) is 21.6. The SMILES string of the molecule is CC(C(=O)Nc1ccc(C(=O)Oc2cc(-c3cccs3)ccc2N)cc1)N1CCCC1=O. The van der Waals surface area contributed by atoms with E-state index >= 15 is 0 Å². The highest BCUT2D eigenvalue weighted by Crippen LogP contribution is 2.32. The van der Waals surface area contributed by atoms with Crippen LogP contribution in [-0.4, -0.2) is 35.3 Å². The molecule has 0 radical (unpaired) electrons. The van der Waals surface area contributed by atoms with Gasteiger partial charge in [-0.2, -0.15) is 0 Å². The fraction of sp³-hybridized carbons (Fsp3) is 0.208. The maximum Gasteiger partial charge on any atom is 0.343 e. The lowest BCUT2D eigenvalue weighted by molar-refractivity contribution is -0.134. The predicted molar refractivity (Wildman–Crippen MR) is 125 cm³/mol. The number of carbonyl (C=O) groups excluding carboxylic acids is 3. The van der Waals surface area contributed by atoms with E-state index in [0.717, 1.165) is 16.9 Å². The van der Waals surface area contributed by atoms with Crippen molar-refractivity contribution in [3.8, 4) is 16.2 Å². The lowest BCUT2D eigenvalue weighted by Crippen LogP contribution is -2.42. The fourth-order valence-electron chi connectivity index (χ4n) is 3.53. The summed E-state index contributed by atoms with van der Waals surface area (Å²) in [4.78, 5) is 39.5. The van der Waals surface area contributed by atoms with E-state index in [4.69, 9.17) is 10.5 Å². The molecule has 0 aliphatic carbocycles. The van der Waals surface area contributed by atoms with Gasteiger partial charge in [0.15, 0.2) is 5.75 Å². The molecule has 8 heteroatoms. The van der Waals surface area contributed by atoms with E-state index < -0.39 is 12.0 Å². The number of esters is 1. The summed E-state index contributed by atoms with van der Waals surface area (Å²) in [5.74, 6) is -0.529. The van der Waals surface area contributed by atoms with Crippen molar-refractivity contribution in [2.45, 2.75) is 25.8 Å². The minimum Gasteiger partial charge on any atom is -0.421 e. The van der Waals surface area contributed by atoms with E-state index in [1.54, 1.807) is 59.6 Å². The summed E-state index contributed by atoms with van der Waals surface area (Å²) in [6.07, 6.45) is 1.25. The lowest BCUT2D eigenvalue weighted by Gasteiger charge is -2.23. The molecule has 0 spiro atoms. The Morgan fingerprint density at radius 3 is 2.59 bits per heavy atom. The summed E-state index contributed by atoms with van der Waals surface area (Å²) in [6.45, 7) is 2.30. The van der Waals surface area contributed by atoms with E-state index in [-0.39, 0.29) is 11.8 Å². The number of nitrogens with zero attached hydrogens (tertiary/aromatic N) is 1. The number of likely N-dealkylation sites (tertiary alicyclic amines) is 1. The highest BCUT2D eigenvalue weighted by molar-refractivity contribution is 7.13. The summed E-state index contributed by atoms with van der Waals surface area (Å²) < 4.78 is 5.52. The molecule has 7 nitrogen and oxygen atoms in total. The number of rotatable bonds is 6. The van der Waals surface area contributed by atoms with Crippen LogP contribution in [0.5, 0.6) is 5.75 Å². The first-order chi connectivity index (χ1) is 15.4. The number of hydrogen-bond acceptors (Lipinski definition) is 6. The summed E-state index contributed by atoms with van der Waals surface area (Å²) >= 11 is 1.58. The summed E-state index contributed by atoms with van der Waals surface area (Å²) in [6, 6.07) is 15.1. The predicted octanol–water partition coefficient (Wildman–Crippen LogP) is 4.17. The molecule has 2 amide bonds. The van der Waals surface area contributed by atoms with Gasteiger partial charge in [-0.25, -0.2) is 4.79 Å². The minimum atomic E-state index is -0.548. The second-order valence-electron chi connectivity index (χ2n) is 7.55. The number of benzene rings is 2. The van der Waals surface area contributed by atoms with Crippen LogP contribution in [0.4, 0.5) is 11.4 Å². The van der Waals surface area contributed by atoms with Crippen molar-refractivity contribution in [3.05, 3.63) is 65.5 Å². The van der Waals surface area contributed by atoms with Gasteiger partial charge in [0.25, 0.3) is 0 Å². The maximum atomic E-state index is 12.6. The number of thiophene rings is 1. The normalized spacial score (nSPS) is 14.3. The molecule has 4 rings (SSSR count). The van der Waals surface area contributed by atoms with Crippen molar-refractivity contribution in [2.75, 3.05) is 17.6 Å². The Labute approximate surface area is 189 Å². The Hall–Kier alpha value is -3.65. The van der Waals surface area contributed by atoms with Crippen LogP contribution in [0, 0.1) is 0 Å². The van der Waals surface area contributed by atoms with Gasteiger partial charge in [-0.05, 0) is 66.8 Å². The third-order valence-electron chi connectivity index (χ3n) is 5.37. The topological polar surface area (TPSA) is 102 Å². The fourth-order valence-corrected chi connectivity index (χ4v) is 4.26. The van der Waals surface area contributed by atoms with Gasteiger partial charge in [0.1, 0.15) is 6.04 Å². The minimum absolute atomic E-state index is 0.00633. The Balaban J connectivity index is 1.41. The molecule has 1 aliphatic heterocycles. The highest BCUT2D eigenvalue weighted by Gasteiger charge is 2.29. The van der Waals surface area contributed by atoms with Crippen molar-refractivity contribution in [1.29, 1.82) is 0 Å². The number of hydrogen-bond donors (Lipinski definition) is 2. The number of amides is 2. The molecule has 2 aromatic carbocycles. The number of nitrogen functional groups attached to an aromatic ring is 1. The van der Waals surface area contributed by atoms with Gasteiger partial charge < -0.3 is 20.7 Å². The van der Waals surface area contributed by atoms with E-state index in [2.05, 4.69) is 5.32 Å². The molecule has 0 saturated carbocycles. The molecular weight excluding hydrogens is 426 g/mol. The van der Waals surface area contributed by atoms with Crippen molar-refractivity contribution in [3.63, 3.8) is 0 Å². The molecule has 1 aliphatic rings. The number of nitrogens with two attached hydrogens (primary N) is 1. The zero-order chi connectivity index (χ0) is 22.7. The van der Waals surface area contributed by atoms with Gasteiger partial charge >= 0.3 is 5.97 Å². The van der Waals surface area contributed by atoms with Gasteiger partial charge in [-0.3, -0.25) is 9.59 Å². The smallest absolute Gasteiger partial charge is 0.343 e. The zero-order valence-electron chi connectivity index (χ0n) is 17.5. The Kier molecular flexibility index (Phi) is 6.23. The van der Waals surface area contributed by atoms with Gasteiger partial charge in [0, 0.05) is 23.5 Å². The Morgan fingerprint density at radius 2 is 1.94 bits per heavy atom. The van der Waals surface area contributed by atoms with Crippen LogP contribution in [-0.2, 0) is 9.59 Å². The van der Waals surface area contributed by atoms with Crippen LogP contribution < -0.4 is 15.8 Å². The van der Waals surface area contributed by atoms with Crippen LogP contribution in [0.25, 0.3) is 10.4 Å². The summed E-state index contributed by atoms with van der Waals surface area (Å²) in [5.41, 5.74) is 8.13. The van der Waals surface area contributed by atoms with Gasteiger partial charge in [-0.15, -0.1) is 11.3 Å². The number of anilines is 2. The number of carbonyl (C=O) groups is 3. The average molecular weight is 450 g/mol. The molecule has 0 bridgehead atoms. The second-order valence-corrected chi connectivity index (χ2v) is 8.50. The Morgan fingerprint density at radius 1 is 1.16 bits per heavy atom. The molecule has 1 saturated heterocycles. The van der Waals surface area contributed by atoms with E-state index in [0.29, 0.717) is 35.7 Å². The highest BCUT2D eigenvalue weighted by atomic mass is 32.1. The number of ether oxygens (including phenoxy) is 1. The quantitative estimate of drug-likeness (QED) is 0.334. The van der Waals surface area contributed by atoms with Crippen molar-refractivity contribution in [1.82, 2.24) is 4.90 Å². The van der Waals surface area contributed by atoms with Gasteiger partial charge in [0.2, 0.25) is 11.8 Å². The largest absolute Gasteiger partial charge is 0.421 e. The summed E-state index contributed by atoms with van der Waals surface area (Å²) in [7, 11) is 0. The number of nitrogens with one attached hydrogen (secondary N) is 1. The van der Waals surface area contributed by atoms with Crippen LogP contribution in [0.2, 0.25) is 0 Å². The van der Waals surface area contributed by atoms with Crippen molar-refractivity contribution in [2.24, 2.45) is 0 Å². The van der Waals surface area contributed by atoms with Crippen LogP contribution >= 0.6 is 11.3 Å². The van der Waals surface area contributed by atoms with Crippen LogP contribution in [0.3, 0.4) is 0 Å². The maximum absolute atomic E-state index is 12.6. The molecule has 1 aromatic heterocycles. The molecule has 1 atom stereocenters. The van der Waals surface area contributed by atoms with Gasteiger partial charge in [-0.1, -0.05) is 12.1 Å². The van der Waals surface area contributed by atoms with E-state index in [1.807, 2.05) is 23.6 Å². The average Bonchev–Trinajstić information content (AvgIpc) is 3.47. The third-order valence-corrected chi connectivity index (χ3v) is 6.29. The molecule has 1 fully saturated rings. The van der Waals surface area contributed by atoms with Crippen molar-refractivity contribution < 1.29 is 19.1 Å². The first-order valence-electron chi connectivity index (χ1n) is 10.3. The van der Waals surface area contributed by atoms with Crippen LogP contribution in [0.15, 0.2) is 60.0 Å². The van der Waals surface area contributed by atoms with Crippen molar-refractivity contribution >= 4 is 40.5 Å². The standard InChI is InChI=1S/C24H23N3O4S/c1-15(27-12-2-5-22(27)28)23(29)26-18-9-6-16(7-10-18)24(30)31-20-14-17(8-11-19(20)25)21-4-3-13-32-21/h3-4,6-11,13-15H,2,5,12,25H2,1H3,(H,26,29). The molecule has 3 aromatic rings. The molecule has 3 N–H and O–H groups in total.